The van der Waals surface area contributed by atoms with Crippen molar-refractivity contribution >= 4 is 5.97 Å². The SMILES string of the molecule is C=CC(=O)ON1CCCC(O)C1. The van der Waals surface area contributed by atoms with Crippen molar-refractivity contribution in [1.29, 1.82) is 0 Å². The van der Waals surface area contributed by atoms with Gasteiger partial charge in [-0.15, -0.1) is 5.06 Å². The molecule has 68 valence electrons. The second kappa shape index (κ2) is 4.23. The molecule has 0 aromatic carbocycles. The van der Waals surface area contributed by atoms with E-state index in [1.165, 1.54) is 5.06 Å². The smallest absolute Gasteiger partial charge is 0.349 e. The van der Waals surface area contributed by atoms with Gasteiger partial charge in [0.15, 0.2) is 0 Å². The number of carbonyl (C=O) groups excluding carboxylic acids is 1. The normalized spacial score (nSPS) is 24.9. The van der Waals surface area contributed by atoms with Gasteiger partial charge in [-0.05, 0) is 12.8 Å². The second-order valence-electron chi connectivity index (χ2n) is 2.80. The Hall–Kier alpha value is -0.870. The molecule has 1 fully saturated rings. The molecule has 1 unspecified atom stereocenters. The number of piperidine rings is 1. The predicted octanol–water partition coefficient (Wildman–Crippen LogP) is 0.0873. The molecule has 12 heavy (non-hydrogen) atoms. The van der Waals surface area contributed by atoms with E-state index in [4.69, 9.17) is 4.84 Å². The van der Waals surface area contributed by atoms with Gasteiger partial charge < -0.3 is 9.94 Å². The Labute approximate surface area is 71.4 Å². The summed E-state index contributed by atoms with van der Waals surface area (Å²) in [5, 5.41) is 10.7. The first-order valence-electron chi connectivity index (χ1n) is 3.99. The number of aliphatic hydroxyl groups is 1. The standard InChI is InChI=1S/C8H13NO3/c1-2-8(11)12-9-5-3-4-7(10)6-9/h2,7,10H,1,3-6H2. The molecule has 1 rings (SSSR count). The van der Waals surface area contributed by atoms with E-state index in [1.54, 1.807) is 0 Å². The van der Waals surface area contributed by atoms with Crippen LogP contribution >= 0.6 is 0 Å². The molecule has 0 bridgehead atoms. The molecule has 4 heteroatoms. The molecular weight excluding hydrogens is 158 g/mol. The van der Waals surface area contributed by atoms with Crippen molar-refractivity contribution in [3.8, 4) is 0 Å². The molecule has 0 aliphatic carbocycles. The minimum absolute atomic E-state index is 0.378. The molecule has 1 aliphatic heterocycles. The fraction of sp³-hybridized carbons (Fsp3) is 0.625. The van der Waals surface area contributed by atoms with Gasteiger partial charge in [0, 0.05) is 12.6 Å². The lowest BCUT2D eigenvalue weighted by atomic mass is 10.1. The van der Waals surface area contributed by atoms with Crippen molar-refractivity contribution < 1.29 is 14.7 Å². The zero-order chi connectivity index (χ0) is 8.97. The summed E-state index contributed by atoms with van der Waals surface area (Å²) in [5.74, 6) is -0.468. The fourth-order valence-electron chi connectivity index (χ4n) is 1.17. The van der Waals surface area contributed by atoms with Crippen molar-refractivity contribution in [2.24, 2.45) is 0 Å². The maximum absolute atomic E-state index is 10.7. The first-order valence-corrected chi connectivity index (χ1v) is 3.99. The third kappa shape index (κ3) is 2.64. The Kier molecular flexibility index (Phi) is 3.25. The van der Waals surface area contributed by atoms with Crippen LogP contribution < -0.4 is 0 Å². The molecule has 1 aliphatic rings. The van der Waals surface area contributed by atoms with Gasteiger partial charge in [0.2, 0.25) is 0 Å². The minimum Gasteiger partial charge on any atom is -0.392 e. The number of aliphatic hydroxyl groups excluding tert-OH is 1. The number of hydrogen-bond donors (Lipinski definition) is 1. The van der Waals surface area contributed by atoms with Gasteiger partial charge in [-0.1, -0.05) is 6.58 Å². The largest absolute Gasteiger partial charge is 0.392 e. The van der Waals surface area contributed by atoms with E-state index >= 15 is 0 Å². The van der Waals surface area contributed by atoms with Crippen LogP contribution in [0.1, 0.15) is 12.8 Å². The van der Waals surface area contributed by atoms with E-state index in [2.05, 4.69) is 6.58 Å². The summed E-state index contributed by atoms with van der Waals surface area (Å²) in [6, 6.07) is 0. The predicted molar refractivity (Wildman–Crippen MR) is 43.1 cm³/mol. The average molecular weight is 171 g/mol. The highest BCUT2D eigenvalue weighted by molar-refractivity contribution is 5.80. The second-order valence-corrected chi connectivity index (χ2v) is 2.80. The van der Waals surface area contributed by atoms with E-state index in [0.29, 0.717) is 13.1 Å². The van der Waals surface area contributed by atoms with E-state index in [0.717, 1.165) is 18.9 Å². The Balaban J connectivity index is 2.31. The van der Waals surface area contributed by atoms with Crippen molar-refractivity contribution in [1.82, 2.24) is 5.06 Å². The van der Waals surface area contributed by atoms with Gasteiger partial charge in [0.1, 0.15) is 0 Å². The highest BCUT2D eigenvalue weighted by Gasteiger charge is 2.19. The maximum Gasteiger partial charge on any atom is 0.349 e. The molecule has 0 aromatic rings. The number of hydrogen-bond acceptors (Lipinski definition) is 4. The van der Waals surface area contributed by atoms with Gasteiger partial charge in [0.05, 0.1) is 12.6 Å². The Morgan fingerprint density at radius 1 is 1.75 bits per heavy atom. The molecule has 0 saturated carbocycles. The van der Waals surface area contributed by atoms with Crippen molar-refractivity contribution in [2.75, 3.05) is 13.1 Å². The van der Waals surface area contributed by atoms with Gasteiger partial charge in [-0.3, -0.25) is 0 Å². The lowest BCUT2D eigenvalue weighted by Gasteiger charge is -2.27. The molecule has 1 atom stereocenters. The molecule has 0 aromatic heterocycles. The summed E-state index contributed by atoms with van der Waals surface area (Å²) >= 11 is 0. The highest BCUT2D eigenvalue weighted by Crippen LogP contribution is 2.09. The monoisotopic (exact) mass is 171 g/mol. The van der Waals surface area contributed by atoms with Crippen LogP contribution in [0.15, 0.2) is 12.7 Å². The third-order valence-electron chi connectivity index (χ3n) is 1.74. The van der Waals surface area contributed by atoms with Gasteiger partial charge in [-0.25, -0.2) is 4.79 Å². The molecule has 1 N–H and O–H groups in total. The number of rotatable bonds is 2. The number of nitrogens with zero attached hydrogens (tertiary/aromatic N) is 1. The summed E-state index contributed by atoms with van der Waals surface area (Å²) in [4.78, 5) is 15.6. The number of β-amino-alcohol motifs (C(OH)–C–C–N with tert-alkyl or cyclic N) is 1. The van der Waals surface area contributed by atoms with Crippen molar-refractivity contribution in [2.45, 2.75) is 18.9 Å². The van der Waals surface area contributed by atoms with E-state index in [9.17, 15) is 9.90 Å². The molecular formula is C8H13NO3. The topological polar surface area (TPSA) is 49.8 Å². The van der Waals surface area contributed by atoms with Gasteiger partial charge >= 0.3 is 5.97 Å². The van der Waals surface area contributed by atoms with E-state index in [-0.39, 0.29) is 6.10 Å². The summed E-state index contributed by atoms with van der Waals surface area (Å²) in [5.41, 5.74) is 0. The quantitative estimate of drug-likeness (QED) is 0.598. The third-order valence-corrected chi connectivity index (χ3v) is 1.74. The van der Waals surface area contributed by atoms with Crippen LogP contribution in [0.25, 0.3) is 0 Å². The maximum atomic E-state index is 10.7. The summed E-state index contributed by atoms with van der Waals surface area (Å²) in [6.07, 6.45) is 2.37. The van der Waals surface area contributed by atoms with Gasteiger partial charge in [0.25, 0.3) is 0 Å². The molecule has 0 spiro atoms. The molecule has 4 nitrogen and oxygen atoms in total. The number of hydroxylamine groups is 2. The summed E-state index contributed by atoms with van der Waals surface area (Å²) in [7, 11) is 0. The van der Waals surface area contributed by atoms with Crippen LogP contribution in [0.5, 0.6) is 0 Å². The molecule has 0 amide bonds. The Morgan fingerprint density at radius 3 is 3.08 bits per heavy atom. The summed E-state index contributed by atoms with van der Waals surface area (Å²) < 4.78 is 0. The van der Waals surface area contributed by atoms with E-state index in [1.807, 2.05) is 0 Å². The highest BCUT2D eigenvalue weighted by atomic mass is 16.7. The lowest BCUT2D eigenvalue weighted by Crippen LogP contribution is -2.39. The van der Waals surface area contributed by atoms with Crippen molar-refractivity contribution in [3.05, 3.63) is 12.7 Å². The zero-order valence-corrected chi connectivity index (χ0v) is 6.90. The van der Waals surface area contributed by atoms with Crippen LogP contribution in [0.2, 0.25) is 0 Å². The Morgan fingerprint density at radius 2 is 2.50 bits per heavy atom. The zero-order valence-electron chi connectivity index (χ0n) is 6.90. The minimum atomic E-state index is -0.468. The Bertz CT molecular complexity index is 181. The van der Waals surface area contributed by atoms with Crippen LogP contribution in [0.4, 0.5) is 0 Å². The van der Waals surface area contributed by atoms with Crippen LogP contribution in [-0.2, 0) is 9.63 Å². The number of carbonyl (C=O) groups is 1. The van der Waals surface area contributed by atoms with Crippen molar-refractivity contribution in [3.63, 3.8) is 0 Å². The molecule has 1 saturated heterocycles. The molecule has 0 radical (unpaired) electrons. The fourth-order valence-corrected chi connectivity index (χ4v) is 1.17. The van der Waals surface area contributed by atoms with Crippen LogP contribution in [0, 0.1) is 0 Å². The average Bonchev–Trinajstić information content (AvgIpc) is 2.04. The first kappa shape index (κ1) is 9.22. The first-order chi connectivity index (χ1) is 5.72. The summed E-state index contributed by atoms with van der Waals surface area (Å²) in [6.45, 7) is 4.37. The van der Waals surface area contributed by atoms with E-state index < -0.39 is 5.97 Å². The molecule has 1 heterocycles. The van der Waals surface area contributed by atoms with Crippen LogP contribution in [-0.4, -0.2) is 35.3 Å². The van der Waals surface area contributed by atoms with Crippen LogP contribution in [0.3, 0.4) is 0 Å². The lowest BCUT2D eigenvalue weighted by molar-refractivity contribution is -0.195. The van der Waals surface area contributed by atoms with Gasteiger partial charge in [-0.2, -0.15) is 0 Å².